The topological polar surface area (TPSA) is 59.2 Å². The molecule has 1 aromatic carbocycles. The summed E-state index contributed by atoms with van der Waals surface area (Å²) in [7, 11) is 0. The minimum atomic E-state index is -0.470. The van der Waals surface area contributed by atoms with Crippen LogP contribution in [0.5, 0.6) is 5.75 Å². The molecule has 0 aliphatic rings. The van der Waals surface area contributed by atoms with E-state index >= 15 is 0 Å². The van der Waals surface area contributed by atoms with Gasteiger partial charge in [-0.25, -0.2) is 0 Å². The minimum Gasteiger partial charge on any atom is -0.490 e. The Balaban J connectivity index is 2.49. The molecule has 0 spiro atoms. The fourth-order valence-corrected chi connectivity index (χ4v) is 2.84. The minimum absolute atomic E-state index is 0.0184. The van der Waals surface area contributed by atoms with Crippen LogP contribution in [0.25, 0.3) is 12.2 Å². The first-order valence-electron chi connectivity index (χ1n) is 7.89. The highest BCUT2D eigenvalue weighted by Crippen LogP contribution is 2.19. The number of carbonyl (C=O) groups excluding carboxylic acids is 1. The molecule has 128 valence electrons. The predicted octanol–water partition coefficient (Wildman–Crippen LogP) is 2.45. The molecular formula is C19H23NO3S. The van der Waals surface area contributed by atoms with Gasteiger partial charge in [0.1, 0.15) is 5.75 Å². The molecule has 0 fully saturated rings. The molecule has 0 bridgehead atoms. The van der Waals surface area contributed by atoms with Gasteiger partial charge in [-0.1, -0.05) is 39.0 Å². The highest BCUT2D eigenvalue weighted by Gasteiger charge is 2.18. The standard InChI is InChI=1S/C19H23NO3S/c1-12(2)23-14-9-7-6-8-13(14)10-15-18(22)20-17(24-15)11-16(21)19(3,4)5/h6-12H,1-5H3,(H,20,22)/b15-10-,17-11-. The smallest absolute Gasteiger partial charge is 0.266 e. The summed E-state index contributed by atoms with van der Waals surface area (Å²) in [4.78, 5) is 27.0. The zero-order chi connectivity index (χ0) is 17.9. The Morgan fingerprint density at radius 3 is 2.54 bits per heavy atom. The summed E-state index contributed by atoms with van der Waals surface area (Å²) in [6, 6.07) is 7.58. The fraction of sp³-hybridized carbons (Fsp3) is 0.368. The van der Waals surface area contributed by atoms with E-state index in [1.165, 1.54) is 17.4 Å². The van der Waals surface area contributed by atoms with Crippen molar-refractivity contribution in [1.29, 1.82) is 0 Å². The van der Waals surface area contributed by atoms with Crippen LogP contribution in [0.3, 0.4) is 0 Å². The number of aromatic nitrogens is 1. The van der Waals surface area contributed by atoms with Gasteiger partial charge in [0.15, 0.2) is 5.78 Å². The van der Waals surface area contributed by atoms with Crippen LogP contribution in [-0.2, 0) is 4.79 Å². The highest BCUT2D eigenvalue weighted by molar-refractivity contribution is 7.07. The Morgan fingerprint density at radius 1 is 1.25 bits per heavy atom. The van der Waals surface area contributed by atoms with Crippen LogP contribution < -0.4 is 19.5 Å². The van der Waals surface area contributed by atoms with Gasteiger partial charge in [-0.3, -0.25) is 9.59 Å². The molecule has 1 aromatic heterocycles. The Labute approximate surface area is 145 Å². The number of ether oxygens (including phenoxy) is 1. The quantitative estimate of drug-likeness (QED) is 0.926. The summed E-state index contributed by atoms with van der Waals surface area (Å²) in [6.07, 6.45) is 3.34. The van der Waals surface area contributed by atoms with Gasteiger partial charge < -0.3 is 9.72 Å². The van der Waals surface area contributed by atoms with E-state index in [1.54, 1.807) is 6.08 Å². The normalized spacial score (nSPS) is 13.6. The van der Waals surface area contributed by atoms with Crippen molar-refractivity contribution in [3.63, 3.8) is 0 Å². The molecule has 5 heteroatoms. The number of aromatic amines is 1. The number of carbonyl (C=O) groups is 1. The Morgan fingerprint density at radius 2 is 1.92 bits per heavy atom. The van der Waals surface area contributed by atoms with Crippen molar-refractivity contribution >= 4 is 29.3 Å². The summed E-state index contributed by atoms with van der Waals surface area (Å²) in [5.74, 6) is 0.715. The fourth-order valence-electron chi connectivity index (χ4n) is 1.96. The number of rotatable bonds is 4. The lowest BCUT2D eigenvalue weighted by Gasteiger charge is -2.12. The molecule has 24 heavy (non-hydrogen) atoms. The van der Waals surface area contributed by atoms with E-state index in [0.29, 0.717) is 9.20 Å². The Kier molecular flexibility index (Phi) is 5.44. The molecule has 0 aliphatic carbocycles. The van der Waals surface area contributed by atoms with Crippen molar-refractivity contribution in [1.82, 2.24) is 4.98 Å². The first-order valence-corrected chi connectivity index (χ1v) is 8.71. The maximum Gasteiger partial charge on any atom is 0.266 e. The number of Topliss-reactive ketones (excluding diaryl/α,β-unsaturated/α-hetero) is 1. The lowest BCUT2D eigenvalue weighted by atomic mass is 9.91. The molecule has 4 nitrogen and oxygen atoms in total. The van der Waals surface area contributed by atoms with E-state index in [0.717, 1.165) is 11.3 Å². The van der Waals surface area contributed by atoms with Crippen LogP contribution in [0.15, 0.2) is 29.1 Å². The maximum absolute atomic E-state index is 12.2. The van der Waals surface area contributed by atoms with Gasteiger partial charge in [-0.2, -0.15) is 0 Å². The second kappa shape index (κ2) is 7.18. The number of hydrogen-bond acceptors (Lipinski definition) is 4. The third-order valence-corrected chi connectivity index (χ3v) is 4.21. The number of benzene rings is 1. The van der Waals surface area contributed by atoms with E-state index in [4.69, 9.17) is 4.74 Å². The van der Waals surface area contributed by atoms with Gasteiger partial charge in [0, 0.05) is 17.1 Å². The zero-order valence-electron chi connectivity index (χ0n) is 14.7. The van der Waals surface area contributed by atoms with Crippen molar-refractivity contribution in [3.05, 3.63) is 49.4 Å². The van der Waals surface area contributed by atoms with Crippen LogP contribution in [0, 0.1) is 5.41 Å². The van der Waals surface area contributed by atoms with E-state index in [-0.39, 0.29) is 17.4 Å². The molecule has 1 N–H and O–H groups in total. The molecule has 0 saturated carbocycles. The average molecular weight is 345 g/mol. The Hall–Kier alpha value is -2.14. The number of para-hydroxylation sites is 1. The second-order valence-electron chi connectivity index (χ2n) is 6.89. The van der Waals surface area contributed by atoms with Gasteiger partial charge in [0.25, 0.3) is 5.56 Å². The number of ketones is 1. The molecule has 0 radical (unpaired) electrons. The third kappa shape index (κ3) is 4.68. The van der Waals surface area contributed by atoms with Crippen LogP contribution in [0.4, 0.5) is 0 Å². The van der Waals surface area contributed by atoms with Crippen molar-refractivity contribution in [2.24, 2.45) is 5.41 Å². The lowest BCUT2D eigenvalue weighted by Crippen LogP contribution is -2.22. The Bertz CT molecular complexity index is 898. The van der Waals surface area contributed by atoms with Crippen molar-refractivity contribution in [2.75, 3.05) is 0 Å². The average Bonchev–Trinajstić information content (AvgIpc) is 2.79. The van der Waals surface area contributed by atoms with Crippen molar-refractivity contribution < 1.29 is 9.53 Å². The zero-order valence-corrected chi connectivity index (χ0v) is 15.5. The summed E-state index contributed by atoms with van der Waals surface area (Å²) in [6.45, 7) is 9.47. The van der Waals surface area contributed by atoms with Crippen LogP contribution in [-0.4, -0.2) is 16.9 Å². The summed E-state index contributed by atoms with van der Waals surface area (Å²) >= 11 is 1.27. The van der Waals surface area contributed by atoms with Crippen LogP contribution in [0.2, 0.25) is 0 Å². The van der Waals surface area contributed by atoms with Crippen molar-refractivity contribution in [2.45, 2.75) is 40.7 Å². The van der Waals surface area contributed by atoms with Gasteiger partial charge in [0.2, 0.25) is 0 Å². The van der Waals surface area contributed by atoms with E-state index in [1.807, 2.05) is 58.9 Å². The van der Waals surface area contributed by atoms with E-state index < -0.39 is 5.41 Å². The van der Waals surface area contributed by atoms with Crippen LogP contribution >= 0.6 is 11.3 Å². The van der Waals surface area contributed by atoms with E-state index in [2.05, 4.69) is 4.98 Å². The molecule has 0 unspecified atom stereocenters. The molecule has 0 aliphatic heterocycles. The van der Waals surface area contributed by atoms with Crippen molar-refractivity contribution in [3.8, 4) is 5.75 Å². The van der Waals surface area contributed by atoms with Crippen LogP contribution in [0.1, 0.15) is 40.2 Å². The summed E-state index contributed by atoms with van der Waals surface area (Å²) in [5, 5.41) is 0. The predicted molar refractivity (Wildman–Crippen MR) is 98.9 cm³/mol. The lowest BCUT2D eigenvalue weighted by molar-refractivity contribution is -0.119. The molecule has 0 atom stereocenters. The SMILES string of the molecule is CC(C)Oc1ccccc1/C=c1\s/c(=C\C(=O)C(C)(C)C)[nH]c1=O. The first kappa shape index (κ1) is 18.2. The number of hydrogen-bond donors (Lipinski definition) is 1. The molecule has 0 saturated heterocycles. The molecular weight excluding hydrogens is 322 g/mol. The molecule has 0 amide bonds. The molecule has 2 aromatic rings. The number of nitrogens with one attached hydrogen (secondary N) is 1. The number of H-pyrrole nitrogens is 1. The molecule has 2 rings (SSSR count). The highest BCUT2D eigenvalue weighted by atomic mass is 32.1. The van der Waals surface area contributed by atoms with E-state index in [9.17, 15) is 9.59 Å². The largest absolute Gasteiger partial charge is 0.490 e. The summed E-state index contributed by atoms with van der Waals surface area (Å²) in [5.41, 5.74) is 0.169. The number of thiazole rings is 1. The first-order chi connectivity index (χ1) is 11.2. The summed E-state index contributed by atoms with van der Waals surface area (Å²) < 4.78 is 6.88. The molecule has 1 heterocycles. The van der Waals surface area contributed by atoms with Gasteiger partial charge in [-0.05, 0) is 26.0 Å². The van der Waals surface area contributed by atoms with Gasteiger partial charge >= 0.3 is 0 Å². The third-order valence-electron chi connectivity index (χ3n) is 3.25. The second-order valence-corrected chi connectivity index (χ2v) is 7.98. The van der Waals surface area contributed by atoms with Gasteiger partial charge in [0.05, 0.1) is 15.3 Å². The van der Waals surface area contributed by atoms with Gasteiger partial charge in [-0.15, -0.1) is 11.3 Å². The monoisotopic (exact) mass is 345 g/mol. The maximum atomic E-state index is 12.2.